The smallest absolute Gasteiger partial charge is 0.240 e. The van der Waals surface area contributed by atoms with Crippen LogP contribution in [0.1, 0.15) is 11.1 Å². The number of ether oxygens (including phenoxy) is 3. The molecule has 0 saturated carbocycles. The lowest BCUT2D eigenvalue weighted by Crippen LogP contribution is -2.23. The summed E-state index contributed by atoms with van der Waals surface area (Å²) >= 11 is 0. The van der Waals surface area contributed by atoms with Crippen LogP contribution in [0, 0.1) is 6.92 Å². The molecule has 1 N–H and O–H groups in total. The van der Waals surface area contributed by atoms with Crippen LogP contribution in [-0.4, -0.2) is 29.7 Å². The second-order valence-electron chi connectivity index (χ2n) is 5.16. The maximum absolute atomic E-state index is 12.4. The lowest BCUT2D eigenvalue weighted by atomic mass is 10.1. The van der Waals surface area contributed by atoms with Crippen molar-refractivity contribution in [1.82, 2.24) is 4.72 Å². The first kappa shape index (κ1) is 18.1. The highest BCUT2D eigenvalue weighted by atomic mass is 32.2. The summed E-state index contributed by atoms with van der Waals surface area (Å²) in [5.41, 5.74) is 1.64. The predicted molar refractivity (Wildman–Crippen MR) is 91.3 cm³/mol. The van der Waals surface area contributed by atoms with Crippen molar-refractivity contribution in [3.63, 3.8) is 0 Å². The van der Waals surface area contributed by atoms with Crippen molar-refractivity contribution in [1.29, 1.82) is 0 Å². The van der Waals surface area contributed by atoms with Gasteiger partial charge in [0.05, 0.1) is 26.2 Å². The number of hydrogen-bond donors (Lipinski definition) is 1. The molecule has 0 heterocycles. The molecule has 0 bridgehead atoms. The fraction of sp³-hybridized carbons (Fsp3) is 0.294. The van der Waals surface area contributed by atoms with Crippen molar-refractivity contribution >= 4 is 10.0 Å². The Kier molecular flexibility index (Phi) is 5.69. The number of methoxy groups -OCH3 is 3. The largest absolute Gasteiger partial charge is 0.496 e. The fourth-order valence-electron chi connectivity index (χ4n) is 2.20. The van der Waals surface area contributed by atoms with Gasteiger partial charge in [-0.05, 0) is 25.1 Å². The molecule has 0 spiro atoms. The molecule has 0 aliphatic heterocycles. The van der Waals surface area contributed by atoms with Gasteiger partial charge in [0, 0.05) is 18.2 Å². The maximum Gasteiger partial charge on any atom is 0.240 e. The Balaban J connectivity index is 2.26. The van der Waals surface area contributed by atoms with Gasteiger partial charge in [0.2, 0.25) is 10.0 Å². The van der Waals surface area contributed by atoms with Gasteiger partial charge in [-0.1, -0.05) is 17.7 Å². The second-order valence-corrected chi connectivity index (χ2v) is 6.92. The summed E-state index contributed by atoms with van der Waals surface area (Å²) in [6.07, 6.45) is 0. The van der Waals surface area contributed by atoms with Crippen molar-refractivity contribution in [2.24, 2.45) is 0 Å². The van der Waals surface area contributed by atoms with Crippen molar-refractivity contribution in [2.45, 2.75) is 18.4 Å². The van der Waals surface area contributed by atoms with Gasteiger partial charge >= 0.3 is 0 Å². The van der Waals surface area contributed by atoms with E-state index in [0.29, 0.717) is 22.8 Å². The van der Waals surface area contributed by atoms with Gasteiger partial charge in [-0.25, -0.2) is 13.1 Å². The van der Waals surface area contributed by atoms with Crippen LogP contribution >= 0.6 is 0 Å². The molecule has 6 nitrogen and oxygen atoms in total. The van der Waals surface area contributed by atoms with E-state index in [1.807, 2.05) is 6.92 Å². The van der Waals surface area contributed by atoms with E-state index in [4.69, 9.17) is 14.2 Å². The Morgan fingerprint density at radius 3 is 1.96 bits per heavy atom. The Bertz CT molecular complexity index is 800. The molecular weight excluding hydrogens is 330 g/mol. The van der Waals surface area contributed by atoms with Gasteiger partial charge in [-0.2, -0.15) is 0 Å². The SMILES string of the molecule is COc1cc(OC)c(OC)cc1CNS(=O)(=O)c1ccc(C)cc1. The summed E-state index contributed by atoms with van der Waals surface area (Å²) in [6, 6.07) is 10.0. The summed E-state index contributed by atoms with van der Waals surface area (Å²) in [5.74, 6) is 1.53. The van der Waals surface area contributed by atoms with Crippen LogP contribution < -0.4 is 18.9 Å². The van der Waals surface area contributed by atoms with E-state index in [1.54, 1.807) is 36.4 Å². The molecule has 0 aliphatic rings. The van der Waals surface area contributed by atoms with E-state index in [-0.39, 0.29) is 11.4 Å². The summed E-state index contributed by atoms with van der Waals surface area (Å²) in [7, 11) is 0.943. The molecule has 0 aromatic heterocycles. The summed E-state index contributed by atoms with van der Waals surface area (Å²) in [5, 5.41) is 0. The molecule has 7 heteroatoms. The molecule has 2 aromatic carbocycles. The Morgan fingerprint density at radius 1 is 0.875 bits per heavy atom. The van der Waals surface area contributed by atoms with Crippen LogP contribution in [0.25, 0.3) is 0 Å². The number of benzene rings is 2. The van der Waals surface area contributed by atoms with Gasteiger partial charge in [0.25, 0.3) is 0 Å². The minimum atomic E-state index is -3.61. The van der Waals surface area contributed by atoms with Crippen LogP contribution in [0.2, 0.25) is 0 Å². The predicted octanol–water partition coefficient (Wildman–Crippen LogP) is 2.50. The lowest BCUT2D eigenvalue weighted by Gasteiger charge is -2.14. The highest BCUT2D eigenvalue weighted by Gasteiger charge is 2.17. The number of rotatable bonds is 7. The molecule has 0 radical (unpaired) electrons. The maximum atomic E-state index is 12.4. The van der Waals surface area contributed by atoms with Crippen molar-refractivity contribution in [2.75, 3.05) is 21.3 Å². The first-order valence-electron chi connectivity index (χ1n) is 7.26. The van der Waals surface area contributed by atoms with Crippen molar-refractivity contribution in [3.05, 3.63) is 47.5 Å². The molecule has 0 saturated heterocycles. The van der Waals surface area contributed by atoms with Crippen LogP contribution in [0.5, 0.6) is 17.2 Å². The average Bonchev–Trinajstić information content (AvgIpc) is 2.59. The fourth-order valence-corrected chi connectivity index (χ4v) is 3.21. The molecule has 0 aliphatic carbocycles. The van der Waals surface area contributed by atoms with E-state index < -0.39 is 10.0 Å². The molecule has 0 unspecified atom stereocenters. The van der Waals surface area contributed by atoms with Gasteiger partial charge in [-0.3, -0.25) is 0 Å². The van der Waals surface area contributed by atoms with E-state index in [9.17, 15) is 8.42 Å². The molecule has 0 atom stereocenters. The van der Waals surface area contributed by atoms with E-state index >= 15 is 0 Å². The van der Waals surface area contributed by atoms with Crippen LogP contribution in [0.3, 0.4) is 0 Å². The van der Waals surface area contributed by atoms with Crippen molar-refractivity contribution in [3.8, 4) is 17.2 Å². The normalized spacial score (nSPS) is 11.2. The van der Waals surface area contributed by atoms with Crippen molar-refractivity contribution < 1.29 is 22.6 Å². The van der Waals surface area contributed by atoms with E-state index in [2.05, 4.69) is 4.72 Å². The highest BCUT2D eigenvalue weighted by Crippen LogP contribution is 2.34. The molecule has 2 aromatic rings. The van der Waals surface area contributed by atoms with Crippen LogP contribution in [0.4, 0.5) is 0 Å². The number of aryl methyl sites for hydroxylation is 1. The molecule has 2 rings (SSSR count). The third-order valence-electron chi connectivity index (χ3n) is 3.57. The molecule has 0 fully saturated rings. The number of nitrogens with one attached hydrogen (secondary N) is 1. The quantitative estimate of drug-likeness (QED) is 0.830. The molecule has 0 amide bonds. The van der Waals surface area contributed by atoms with E-state index in [0.717, 1.165) is 5.56 Å². The standard InChI is InChI=1S/C17H21NO5S/c1-12-5-7-14(8-6-12)24(19,20)18-11-13-9-16(22-3)17(23-4)10-15(13)21-2/h5-10,18H,11H2,1-4H3. The Morgan fingerprint density at radius 2 is 1.42 bits per heavy atom. The van der Waals surface area contributed by atoms with Gasteiger partial charge in [0.15, 0.2) is 11.5 Å². The Labute approximate surface area is 142 Å². The minimum absolute atomic E-state index is 0.0692. The Hall–Kier alpha value is -2.25. The zero-order valence-electron chi connectivity index (χ0n) is 14.1. The van der Waals surface area contributed by atoms with E-state index in [1.165, 1.54) is 21.3 Å². The summed E-state index contributed by atoms with van der Waals surface area (Å²) in [4.78, 5) is 0.215. The monoisotopic (exact) mass is 351 g/mol. The second kappa shape index (κ2) is 7.55. The first-order valence-corrected chi connectivity index (χ1v) is 8.75. The van der Waals surface area contributed by atoms with Crippen LogP contribution in [0.15, 0.2) is 41.3 Å². The van der Waals surface area contributed by atoms with Gasteiger partial charge in [-0.15, -0.1) is 0 Å². The van der Waals surface area contributed by atoms with Crippen LogP contribution in [-0.2, 0) is 16.6 Å². The number of hydrogen-bond acceptors (Lipinski definition) is 5. The molecule has 130 valence electrons. The lowest BCUT2D eigenvalue weighted by molar-refractivity contribution is 0.347. The third-order valence-corrected chi connectivity index (χ3v) is 4.99. The first-order chi connectivity index (χ1) is 11.4. The van der Waals surface area contributed by atoms with Gasteiger partial charge in [0.1, 0.15) is 5.75 Å². The zero-order chi connectivity index (χ0) is 17.7. The number of sulfonamides is 1. The molecular formula is C17H21NO5S. The highest BCUT2D eigenvalue weighted by molar-refractivity contribution is 7.89. The zero-order valence-corrected chi connectivity index (χ0v) is 14.9. The third kappa shape index (κ3) is 3.98. The topological polar surface area (TPSA) is 73.9 Å². The molecule has 24 heavy (non-hydrogen) atoms. The average molecular weight is 351 g/mol. The minimum Gasteiger partial charge on any atom is -0.496 e. The summed E-state index contributed by atoms with van der Waals surface area (Å²) < 4.78 is 43.1. The summed E-state index contributed by atoms with van der Waals surface area (Å²) in [6.45, 7) is 1.97. The van der Waals surface area contributed by atoms with Gasteiger partial charge < -0.3 is 14.2 Å².